The Morgan fingerprint density at radius 3 is 2.50 bits per heavy atom. The van der Waals surface area contributed by atoms with Crippen molar-refractivity contribution in [2.24, 2.45) is 0 Å². The van der Waals surface area contributed by atoms with Crippen molar-refractivity contribution in [3.63, 3.8) is 0 Å². The fourth-order valence-electron chi connectivity index (χ4n) is 2.99. The smallest absolute Gasteiger partial charge is 0.340 e. The molecule has 26 heavy (non-hydrogen) atoms. The minimum absolute atomic E-state index is 0.0507. The van der Waals surface area contributed by atoms with Gasteiger partial charge in [0, 0.05) is 23.1 Å². The monoisotopic (exact) mass is 360 g/mol. The van der Waals surface area contributed by atoms with Crippen LogP contribution in [0.1, 0.15) is 48.4 Å². The van der Waals surface area contributed by atoms with E-state index in [2.05, 4.69) is 5.32 Å². The molecule has 1 amide bonds. The lowest BCUT2D eigenvalue weighted by molar-refractivity contribution is -0.124. The van der Waals surface area contributed by atoms with Gasteiger partial charge in [0.25, 0.3) is 5.91 Å². The van der Waals surface area contributed by atoms with Gasteiger partial charge in [-0.3, -0.25) is 4.79 Å². The first-order valence-corrected chi connectivity index (χ1v) is 8.74. The number of nitrogens with zero attached hydrogens (tertiary/aromatic N) is 1. The van der Waals surface area contributed by atoms with Crippen LogP contribution in [0, 0.1) is 19.7 Å². The summed E-state index contributed by atoms with van der Waals surface area (Å²) in [4.78, 5) is 24.2. The van der Waals surface area contributed by atoms with Crippen molar-refractivity contribution in [2.45, 2.75) is 46.6 Å². The molecule has 0 aliphatic rings. The number of esters is 1. The zero-order chi connectivity index (χ0) is 19.3. The summed E-state index contributed by atoms with van der Waals surface area (Å²) < 4.78 is 20.1. The first kappa shape index (κ1) is 19.7. The average Bonchev–Trinajstić information content (AvgIpc) is 2.88. The predicted molar refractivity (Wildman–Crippen MR) is 98.0 cm³/mol. The zero-order valence-electron chi connectivity index (χ0n) is 15.6. The van der Waals surface area contributed by atoms with Crippen molar-refractivity contribution in [3.05, 3.63) is 53.1 Å². The summed E-state index contributed by atoms with van der Waals surface area (Å²) in [5, 5.41) is 2.79. The Labute approximate surface area is 153 Å². The average molecular weight is 360 g/mol. The molecule has 0 saturated carbocycles. The van der Waals surface area contributed by atoms with Crippen LogP contribution in [0.4, 0.5) is 4.39 Å². The van der Waals surface area contributed by atoms with Crippen LogP contribution in [0.3, 0.4) is 0 Å². The molecule has 0 radical (unpaired) electrons. The van der Waals surface area contributed by atoms with Gasteiger partial charge in [0.1, 0.15) is 5.82 Å². The Balaban J connectivity index is 2.07. The third-order valence-electron chi connectivity index (χ3n) is 4.20. The van der Waals surface area contributed by atoms with E-state index in [4.69, 9.17) is 4.74 Å². The second kappa shape index (κ2) is 8.65. The predicted octanol–water partition coefficient (Wildman–Crippen LogP) is 3.69. The Bertz CT molecular complexity index is 781. The van der Waals surface area contributed by atoms with Crippen molar-refractivity contribution in [3.8, 4) is 5.69 Å². The lowest BCUT2D eigenvalue weighted by Gasteiger charge is -2.13. The van der Waals surface area contributed by atoms with E-state index < -0.39 is 5.97 Å². The van der Waals surface area contributed by atoms with Gasteiger partial charge in [0.15, 0.2) is 6.61 Å². The van der Waals surface area contributed by atoms with Gasteiger partial charge >= 0.3 is 5.97 Å². The standard InChI is InChI=1S/C20H25FN2O3/c1-5-6-13(2)22-19(24)12-26-20(25)18-11-14(3)23(15(18)4)17-9-7-16(21)8-10-17/h7-11,13H,5-6,12H2,1-4H3,(H,22,24). The van der Waals surface area contributed by atoms with Crippen LogP contribution in [-0.2, 0) is 9.53 Å². The molecule has 140 valence electrons. The quantitative estimate of drug-likeness (QED) is 0.766. The lowest BCUT2D eigenvalue weighted by Crippen LogP contribution is -2.35. The van der Waals surface area contributed by atoms with Crippen molar-refractivity contribution >= 4 is 11.9 Å². The van der Waals surface area contributed by atoms with Crippen LogP contribution in [0.15, 0.2) is 30.3 Å². The number of carbonyl (C=O) groups excluding carboxylic acids is 2. The molecule has 0 aliphatic heterocycles. The molecule has 0 aliphatic carbocycles. The van der Waals surface area contributed by atoms with E-state index in [9.17, 15) is 14.0 Å². The number of aromatic nitrogens is 1. The number of aryl methyl sites for hydroxylation is 1. The number of amides is 1. The van der Waals surface area contributed by atoms with Crippen LogP contribution in [0.2, 0.25) is 0 Å². The van der Waals surface area contributed by atoms with E-state index in [0.29, 0.717) is 11.3 Å². The molecular weight excluding hydrogens is 335 g/mol. The van der Waals surface area contributed by atoms with Crippen LogP contribution >= 0.6 is 0 Å². The first-order chi connectivity index (χ1) is 12.3. The topological polar surface area (TPSA) is 60.3 Å². The molecule has 1 atom stereocenters. The number of hydrogen-bond donors (Lipinski definition) is 1. The van der Waals surface area contributed by atoms with Gasteiger partial charge in [0.05, 0.1) is 5.56 Å². The summed E-state index contributed by atoms with van der Waals surface area (Å²) in [6, 6.07) is 7.79. The van der Waals surface area contributed by atoms with E-state index in [1.807, 2.05) is 25.3 Å². The number of hydrogen-bond acceptors (Lipinski definition) is 3. The Morgan fingerprint density at radius 2 is 1.88 bits per heavy atom. The summed E-state index contributed by atoms with van der Waals surface area (Å²) in [6.07, 6.45) is 1.84. The SMILES string of the molecule is CCCC(C)NC(=O)COC(=O)c1cc(C)n(-c2ccc(F)cc2)c1C. The molecule has 6 heteroatoms. The maximum atomic E-state index is 13.1. The number of rotatable bonds is 7. The maximum absolute atomic E-state index is 13.1. The molecule has 1 aromatic heterocycles. The lowest BCUT2D eigenvalue weighted by atomic mass is 10.2. The van der Waals surface area contributed by atoms with Gasteiger partial charge in [-0.1, -0.05) is 13.3 Å². The summed E-state index contributed by atoms with van der Waals surface area (Å²) in [7, 11) is 0. The van der Waals surface area contributed by atoms with Crippen molar-refractivity contribution < 1.29 is 18.7 Å². The van der Waals surface area contributed by atoms with E-state index in [1.165, 1.54) is 12.1 Å². The fraction of sp³-hybridized carbons (Fsp3) is 0.400. The fourth-order valence-corrected chi connectivity index (χ4v) is 2.99. The van der Waals surface area contributed by atoms with Crippen molar-refractivity contribution in [1.82, 2.24) is 9.88 Å². The highest BCUT2D eigenvalue weighted by molar-refractivity contribution is 5.93. The molecule has 2 aromatic rings. The van der Waals surface area contributed by atoms with Crippen molar-refractivity contribution in [2.75, 3.05) is 6.61 Å². The normalized spacial score (nSPS) is 11.9. The van der Waals surface area contributed by atoms with Gasteiger partial charge < -0.3 is 14.6 Å². The number of benzene rings is 1. The van der Waals surface area contributed by atoms with Gasteiger partial charge in [-0.2, -0.15) is 0 Å². The summed E-state index contributed by atoms with van der Waals surface area (Å²) in [6.45, 7) is 7.29. The Kier molecular flexibility index (Phi) is 6.55. The van der Waals surface area contributed by atoms with Crippen LogP contribution < -0.4 is 5.32 Å². The van der Waals surface area contributed by atoms with E-state index >= 15 is 0 Å². The molecule has 1 N–H and O–H groups in total. The molecule has 5 nitrogen and oxygen atoms in total. The van der Waals surface area contributed by atoms with Gasteiger partial charge in [-0.15, -0.1) is 0 Å². The molecule has 0 bridgehead atoms. The number of nitrogens with one attached hydrogen (secondary N) is 1. The van der Waals surface area contributed by atoms with Gasteiger partial charge in [-0.25, -0.2) is 9.18 Å². The second-order valence-corrected chi connectivity index (χ2v) is 6.43. The molecule has 2 rings (SSSR count). The Morgan fingerprint density at radius 1 is 1.23 bits per heavy atom. The number of ether oxygens (including phenoxy) is 1. The van der Waals surface area contributed by atoms with Crippen LogP contribution in [0.5, 0.6) is 0 Å². The summed E-state index contributed by atoms with van der Waals surface area (Å²) in [5.41, 5.74) is 2.65. The maximum Gasteiger partial charge on any atom is 0.340 e. The van der Waals surface area contributed by atoms with Gasteiger partial charge in [-0.05, 0) is 57.5 Å². The molecule has 1 unspecified atom stereocenters. The van der Waals surface area contributed by atoms with E-state index in [1.54, 1.807) is 25.1 Å². The molecule has 0 saturated heterocycles. The second-order valence-electron chi connectivity index (χ2n) is 6.43. The third-order valence-corrected chi connectivity index (χ3v) is 4.20. The minimum atomic E-state index is -0.551. The molecule has 0 spiro atoms. The minimum Gasteiger partial charge on any atom is -0.452 e. The van der Waals surface area contributed by atoms with Gasteiger partial charge in [0.2, 0.25) is 0 Å². The third kappa shape index (κ3) is 4.71. The molecular formula is C20H25FN2O3. The van der Waals surface area contributed by atoms with Crippen molar-refractivity contribution in [1.29, 1.82) is 0 Å². The first-order valence-electron chi connectivity index (χ1n) is 8.74. The highest BCUT2D eigenvalue weighted by Crippen LogP contribution is 2.21. The molecule has 1 aromatic carbocycles. The van der Waals surface area contributed by atoms with E-state index in [0.717, 1.165) is 24.2 Å². The van der Waals surface area contributed by atoms with Crippen LogP contribution in [-0.4, -0.2) is 29.1 Å². The molecule has 0 fully saturated rings. The Hall–Kier alpha value is -2.63. The highest BCUT2D eigenvalue weighted by Gasteiger charge is 2.19. The van der Waals surface area contributed by atoms with E-state index in [-0.39, 0.29) is 24.4 Å². The zero-order valence-corrected chi connectivity index (χ0v) is 15.6. The van der Waals surface area contributed by atoms with Crippen LogP contribution in [0.25, 0.3) is 5.69 Å². The largest absolute Gasteiger partial charge is 0.452 e. The highest BCUT2D eigenvalue weighted by atomic mass is 19.1. The number of halogens is 1. The summed E-state index contributed by atoms with van der Waals surface area (Å²) >= 11 is 0. The summed E-state index contributed by atoms with van der Waals surface area (Å²) in [5.74, 6) is -1.18. The molecule has 1 heterocycles. The number of carbonyl (C=O) groups is 2.